The molecule has 0 atom stereocenters. The molecule has 1 heterocycles. The van der Waals surface area contributed by atoms with Gasteiger partial charge in [-0.3, -0.25) is 0 Å². The van der Waals surface area contributed by atoms with Crippen LogP contribution >= 0.6 is 23.2 Å². The number of benzene rings is 1. The lowest BCUT2D eigenvalue weighted by Gasteiger charge is -2.02. The second-order valence-electron chi connectivity index (χ2n) is 3.59. The van der Waals surface area contributed by atoms with Crippen LogP contribution < -0.4 is 0 Å². The lowest BCUT2D eigenvalue weighted by Crippen LogP contribution is -1.97. The fraction of sp³-hybridized carbons (Fsp3) is 0.250. The van der Waals surface area contributed by atoms with Crippen LogP contribution in [0.3, 0.4) is 0 Å². The Kier molecular flexibility index (Phi) is 3.69. The summed E-state index contributed by atoms with van der Waals surface area (Å²) in [7, 11) is 0. The van der Waals surface area contributed by atoms with E-state index in [4.69, 9.17) is 23.2 Å². The summed E-state index contributed by atoms with van der Waals surface area (Å²) >= 11 is 12.0. The number of hydrogen-bond acceptors (Lipinski definition) is 1. The van der Waals surface area contributed by atoms with Crippen molar-refractivity contribution in [1.82, 2.24) is 9.78 Å². The van der Waals surface area contributed by atoms with Gasteiger partial charge in [0.05, 0.1) is 17.3 Å². The van der Waals surface area contributed by atoms with Crippen LogP contribution in [0.5, 0.6) is 0 Å². The van der Waals surface area contributed by atoms with Gasteiger partial charge in [-0.05, 0) is 30.7 Å². The predicted octanol–water partition coefficient (Wildman–Crippen LogP) is 3.97. The summed E-state index contributed by atoms with van der Waals surface area (Å²) in [5.74, 6) is 0.0359. The van der Waals surface area contributed by atoms with E-state index in [2.05, 4.69) is 5.10 Å². The predicted molar refractivity (Wildman–Crippen MR) is 67.5 cm³/mol. The molecule has 0 aliphatic carbocycles. The summed E-state index contributed by atoms with van der Waals surface area (Å²) in [4.78, 5) is 0. The number of nitrogens with zero attached hydrogens (tertiary/aromatic N) is 2. The van der Waals surface area contributed by atoms with Gasteiger partial charge in [0.25, 0.3) is 0 Å². The molecule has 1 aromatic heterocycles. The summed E-state index contributed by atoms with van der Waals surface area (Å²) in [5, 5.41) is 4.87. The third-order valence-corrected chi connectivity index (χ3v) is 3.20. The van der Waals surface area contributed by atoms with E-state index in [1.807, 2.05) is 6.92 Å². The van der Waals surface area contributed by atoms with Crippen LogP contribution in [-0.2, 0) is 12.3 Å². The minimum Gasteiger partial charge on any atom is -0.222 e. The van der Waals surface area contributed by atoms with Crippen molar-refractivity contribution < 1.29 is 4.39 Å². The van der Waals surface area contributed by atoms with Crippen LogP contribution in [0.2, 0.25) is 5.15 Å². The third kappa shape index (κ3) is 2.31. The number of halogens is 3. The van der Waals surface area contributed by atoms with Gasteiger partial charge in [-0.15, -0.1) is 11.6 Å². The van der Waals surface area contributed by atoms with Gasteiger partial charge in [0.15, 0.2) is 0 Å². The maximum atomic E-state index is 12.8. The topological polar surface area (TPSA) is 17.8 Å². The Morgan fingerprint density at radius 2 is 1.94 bits per heavy atom. The van der Waals surface area contributed by atoms with E-state index in [1.54, 1.807) is 16.8 Å². The quantitative estimate of drug-likeness (QED) is 0.774. The molecule has 2 rings (SSSR count). The number of hydrogen-bond donors (Lipinski definition) is 0. The molecule has 0 spiro atoms. The van der Waals surface area contributed by atoms with Gasteiger partial charge in [0.1, 0.15) is 11.0 Å². The van der Waals surface area contributed by atoms with Crippen LogP contribution in [0, 0.1) is 5.82 Å². The maximum Gasteiger partial charge on any atom is 0.137 e. The first-order chi connectivity index (χ1) is 8.17. The highest BCUT2D eigenvalue weighted by atomic mass is 35.5. The Bertz CT molecular complexity index is 520. The van der Waals surface area contributed by atoms with Crippen LogP contribution in [-0.4, -0.2) is 9.78 Å². The molecule has 17 heavy (non-hydrogen) atoms. The first kappa shape index (κ1) is 12.4. The minimum atomic E-state index is -0.287. The monoisotopic (exact) mass is 272 g/mol. The van der Waals surface area contributed by atoms with Crippen molar-refractivity contribution in [3.63, 3.8) is 0 Å². The molecule has 1 aromatic carbocycles. The third-order valence-electron chi connectivity index (χ3n) is 2.54. The smallest absolute Gasteiger partial charge is 0.137 e. The average Bonchev–Trinajstić information content (AvgIpc) is 2.66. The number of aryl methyl sites for hydroxylation is 1. The summed E-state index contributed by atoms with van der Waals surface area (Å²) < 4.78 is 14.4. The molecule has 0 N–H and O–H groups in total. The molecule has 0 aliphatic rings. The van der Waals surface area contributed by atoms with Gasteiger partial charge < -0.3 is 0 Å². The summed E-state index contributed by atoms with van der Waals surface area (Å²) in [5.41, 5.74) is 2.43. The molecule has 0 saturated heterocycles. The second-order valence-corrected chi connectivity index (χ2v) is 4.22. The Labute approximate surface area is 109 Å². The molecule has 0 saturated carbocycles. The van der Waals surface area contributed by atoms with Gasteiger partial charge in [-0.1, -0.05) is 18.5 Å². The molecular formula is C12H11Cl2FN2. The largest absolute Gasteiger partial charge is 0.222 e. The number of aromatic nitrogens is 2. The van der Waals surface area contributed by atoms with Gasteiger partial charge in [0, 0.05) is 5.56 Å². The van der Waals surface area contributed by atoms with Crippen molar-refractivity contribution in [2.75, 3.05) is 0 Å². The molecule has 0 aliphatic heterocycles. The fourth-order valence-corrected chi connectivity index (χ4v) is 2.30. The molecule has 0 bridgehead atoms. The Morgan fingerprint density at radius 3 is 2.41 bits per heavy atom. The highest BCUT2D eigenvalue weighted by Crippen LogP contribution is 2.25. The van der Waals surface area contributed by atoms with Gasteiger partial charge >= 0.3 is 0 Å². The van der Waals surface area contributed by atoms with Gasteiger partial charge in [0.2, 0.25) is 0 Å². The SMILES string of the molecule is CCc1nn(-c2ccc(F)cc2)c(Cl)c1CCl. The van der Waals surface area contributed by atoms with Crippen LogP contribution in [0.25, 0.3) is 5.69 Å². The molecule has 90 valence electrons. The van der Waals surface area contributed by atoms with Crippen molar-refractivity contribution >= 4 is 23.2 Å². The molecule has 2 aromatic rings. The van der Waals surface area contributed by atoms with Crippen molar-refractivity contribution in [3.05, 3.63) is 46.5 Å². The van der Waals surface area contributed by atoms with Crippen LogP contribution in [0.1, 0.15) is 18.2 Å². The normalized spacial score (nSPS) is 10.8. The number of alkyl halides is 1. The van der Waals surface area contributed by atoms with Crippen molar-refractivity contribution in [3.8, 4) is 5.69 Å². The van der Waals surface area contributed by atoms with Gasteiger partial charge in [-0.25, -0.2) is 9.07 Å². The van der Waals surface area contributed by atoms with E-state index < -0.39 is 0 Å². The van der Waals surface area contributed by atoms with E-state index in [0.717, 1.165) is 23.4 Å². The number of rotatable bonds is 3. The van der Waals surface area contributed by atoms with Crippen molar-refractivity contribution in [2.24, 2.45) is 0 Å². The Balaban J connectivity index is 2.52. The zero-order valence-electron chi connectivity index (χ0n) is 9.25. The molecule has 0 fully saturated rings. The molecular weight excluding hydrogens is 262 g/mol. The summed E-state index contributed by atoms with van der Waals surface area (Å²) in [6, 6.07) is 6.01. The van der Waals surface area contributed by atoms with Crippen molar-refractivity contribution in [2.45, 2.75) is 19.2 Å². The highest BCUT2D eigenvalue weighted by molar-refractivity contribution is 6.31. The van der Waals surface area contributed by atoms with E-state index in [-0.39, 0.29) is 5.82 Å². The molecule has 0 radical (unpaired) electrons. The van der Waals surface area contributed by atoms with E-state index in [9.17, 15) is 4.39 Å². The lowest BCUT2D eigenvalue weighted by atomic mass is 10.2. The highest BCUT2D eigenvalue weighted by Gasteiger charge is 2.15. The fourth-order valence-electron chi connectivity index (χ4n) is 1.64. The maximum absolute atomic E-state index is 12.8. The standard InChI is InChI=1S/C12H11Cl2FN2/c1-2-11-10(7-13)12(14)17(16-11)9-5-3-8(15)4-6-9/h3-6H,2,7H2,1H3. The molecule has 0 amide bonds. The molecule has 0 unspecified atom stereocenters. The summed E-state index contributed by atoms with van der Waals surface area (Å²) in [6.45, 7) is 1.99. The van der Waals surface area contributed by atoms with Gasteiger partial charge in [-0.2, -0.15) is 5.10 Å². The molecule has 2 nitrogen and oxygen atoms in total. The van der Waals surface area contributed by atoms with Crippen molar-refractivity contribution in [1.29, 1.82) is 0 Å². The first-order valence-electron chi connectivity index (χ1n) is 5.25. The van der Waals surface area contributed by atoms with E-state index >= 15 is 0 Å². The first-order valence-corrected chi connectivity index (χ1v) is 6.16. The van der Waals surface area contributed by atoms with Crippen LogP contribution in [0.4, 0.5) is 4.39 Å². The van der Waals surface area contributed by atoms with E-state index in [1.165, 1.54) is 12.1 Å². The Morgan fingerprint density at radius 1 is 1.29 bits per heavy atom. The Hall–Kier alpha value is -1.06. The zero-order valence-corrected chi connectivity index (χ0v) is 10.8. The van der Waals surface area contributed by atoms with Crippen LogP contribution in [0.15, 0.2) is 24.3 Å². The average molecular weight is 273 g/mol. The molecule has 5 heteroatoms. The zero-order chi connectivity index (χ0) is 12.4. The summed E-state index contributed by atoms with van der Waals surface area (Å²) in [6.07, 6.45) is 0.760. The van der Waals surface area contributed by atoms with E-state index in [0.29, 0.717) is 11.0 Å². The second kappa shape index (κ2) is 5.07. The minimum absolute atomic E-state index is 0.287. The lowest BCUT2D eigenvalue weighted by molar-refractivity contribution is 0.627.